The van der Waals surface area contributed by atoms with E-state index in [1.807, 2.05) is 72.6 Å². The summed E-state index contributed by atoms with van der Waals surface area (Å²) < 4.78 is 26.3. The molecule has 3 amide bonds. The molecule has 10 rings (SSSR count). The molecule has 1 saturated heterocycles. The van der Waals surface area contributed by atoms with Crippen LogP contribution in [0.25, 0.3) is 33.3 Å². The number of hydrogen-bond donors (Lipinski definition) is 2. The lowest BCUT2D eigenvalue weighted by molar-refractivity contribution is -0.133. The monoisotopic (exact) mass is 1050 g/mol. The lowest BCUT2D eigenvalue weighted by Crippen LogP contribution is -2.51. The van der Waals surface area contributed by atoms with Gasteiger partial charge in [0.15, 0.2) is 6.23 Å². The number of rotatable bonds is 22. The second kappa shape index (κ2) is 24.5. The fourth-order valence-electron chi connectivity index (χ4n) is 11.3. The van der Waals surface area contributed by atoms with Gasteiger partial charge in [-0.05, 0) is 106 Å². The summed E-state index contributed by atoms with van der Waals surface area (Å²) >= 11 is 0. The highest BCUT2D eigenvalue weighted by molar-refractivity contribution is 5.88. The Kier molecular flexibility index (Phi) is 16.8. The number of aryl methyl sites for hydroxylation is 1. The van der Waals surface area contributed by atoms with Crippen molar-refractivity contribution < 1.29 is 43.2 Å². The molecule has 1 atom stereocenters. The van der Waals surface area contributed by atoms with Crippen LogP contribution < -0.4 is 5.32 Å². The summed E-state index contributed by atoms with van der Waals surface area (Å²) in [6, 6.07) is 44.8. The number of carbonyl (C=O) groups is 4. The third kappa shape index (κ3) is 11.6. The maximum atomic E-state index is 14.9. The molecule has 3 heterocycles. The second-order valence-electron chi connectivity index (χ2n) is 20.1. The van der Waals surface area contributed by atoms with Gasteiger partial charge in [0.1, 0.15) is 12.3 Å². The largest absolute Gasteiger partial charge is 0.478 e. The third-order valence-corrected chi connectivity index (χ3v) is 15.3. The van der Waals surface area contributed by atoms with E-state index in [1.54, 1.807) is 35.3 Å². The zero-order chi connectivity index (χ0) is 54.1. The summed E-state index contributed by atoms with van der Waals surface area (Å²) in [5.41, 5.74) is 11.1. The van der Waals surface area contributed by atoms with Crippen molar-refractivity contribution in [1.82, 2.24) is 29.4 Å². The molecule has 2 aliphatic carbocycles. The Morgan fingerprint density at radius 2 is 1.31 bits per heavy atom. The molecule has 7 aromatic rings. The Morgan fingerprint density at radius 3 is 1.92 bits per heavy atom. The molecule has 3 aliphatic rings. The van der Waals surface area contributed by atoms with Gasteiger partial charge in [0.25, 0.3) is 0 Å². The number of hydrogen-bond acceptors (Lipinski definition) is 11. The smallest absolute Gasteiger partial charge is 0.424 e. The first-order valence-electron chi connectivity index (χ1n) is 27.0. The van der Waals surface area contributed by atoms with Gasteiger partial charge in [-0.25, -0.2) is 29.4 Å². The molecule has 78 heavy (non-hydrogen) atoms. The number of likely N-dealkylation sites (tertiary alicyclic amines) is 1. The summed E-state index contributed by atoms with van der Waals surface area (Å²) in [6.07, 6.45) is 2.03. The molecule has 1 fully saturated rings. The predicted octanol–water partition coefficient (Wildman–Crippen LogP) is 10.5. The number of carboxylic acids is 1. The van der Waals surface area contributed by atoms with Gasteiger partial charge < -0.3 is 43.7 Å². The van der Waals surface area contributed by atoms with E-state index < -0.39 is 24.4 Å². The van der Waals surface area contributed by atoms with Crippen molar-refractivity contribution in [1.29, 1.82) is 0 Å². The van der Waals surface area contributed by atoms with E-state index in [0.29, 0.717) is 64.5 Å². The average molecular weight is 1050 g/mol. The van der Waals surface area contributed by atoms with E-state index in [-0.39, 0.29) is 55.5 Å². The van der Waals surface area contributed by atoms with Crippen LogP contribution in [-0.2, 0) is 36.8 Å². The number of anilines is 1. The molecular weight excluding hydrogens is 987 g/mol. The standard InChI is InChI=1S/C62H67N7O9/c1-4-35-75-37-38-76-36-34-69(62(74)78-59(64-44-25-23-42(24-26-44)60(71)72)57-53-21-11-9-17-49(53)50-18-10-12-22-54(50)57)45-27-31-67(32-28-45)56(70)29-33-68-46(39-43-14-13-30-63-58(43)68)40-65(2)66(3)61(73)77-41-55-51-19-7-5-15-47(51)48-16-6-8-20-52(48)55/h5-26,30,39,45,55,57,59,64H,4,27-29,31-38,40-41H2,1-3H3,(H,71,72). The Labute approximate surface area is 455 Å². The number of carbonyl (C=O) groups excluding carboxylic acids is 3. The van der Waals surface area contributed by atoms with E-state index in [2.05, 4.69) is 71.4 Å². The normalized spacial score (nSPS) is 14.4. The molecule has 404 valence electrons. The van der Waals surface area contributed by atoms with Gasteiger partial charge in [-0.1, -0.05) is 104 Å². The van der Waals surface area contributed by atoms with Crippen LogP contribution in [0.5, 0.6) is 0 Å². The number of benzene rings is 5. The maximum absolute atomic E-state index is 14.9. The number of ether oxygens (including phenoxy) is 4. The highest BCUT2D eigenvalue weighted by Crippen LogP contribution is 2.48. The minimum Gasteiger partial charge on any atom is -0.478 e. The zero-order valence-corrected chi connectivity index (χ0v) is 44.5. The number of pyridine rings is 1. The van der Waals surface area contributed by atoms with Crippen molar-refractivity contribution in [2.75, 3.05) is 72.1 Å². The van der Waals surface area contributed by atoms with Crippen LogP contribution in [0.3, 0.4) is 0 Å². The van der Waals surface area contributed by atoms with Gasteiger partial charge in [-0.15, -0.1) is 0 Å². The molecule has 16 nitrogen and oxygen atoms in total. The van der Waals surface area contributed by atoms with Gasteiger partial charge in [-0.2, -0.15) is 0 Å². The summed E-state index contributed by atoms with van der Waals surface area (Å²) in [5, 5.41) is 17.3. The minimum atomic E-state index is -1.04. The average Bonchev–Trinajstić information content (AvgIpc) is 4.13. The van der Waals surface area contributed by atoms with E-state index in [1.165, 1.54) is 17.1 Å². The van der Waals surface area contributed by atoms with Gasteiger partial charge >= 0.3 is 18.2 Å². The molecule has 0 saturated carbocycles. The number of nitrogens with one attached hydrogen (secondary N) is 1. The summed E-state index contributed by atoms with van der Waals surface area (Å²) in [6.45, 7) is 5.82. The van der Waals surface area contributed by atoms with E-state index in [4.69, 9.17) is 23.9 Å². The zero-order valence-electron chi connectivity index (χ0n) is 44.5. The van der Waals surface area contributed by atoms with Crippen molar-refractivity contribution in [3.63, 3.8) is 0 Å². The van der Waals surface area contributed by atoms with Gasteiger partial charge in [-0.3, -0.25) is 4.79 Å². The maximum Gasteiger partial charge on any atom is 0.424 e. The molecule has 2 N–H and O–H groups in total. The fourth-order valence-corrected chi connectivity index (χ4v) is 11.3. The fraction of sp³-hybridized carbons (Fsp3) is 0.339. The van der Waals surface area contributed by atoms with E-state index >= 15 is 0 Å². The Hall–Kier alpha value is -8.05. The molecule has 1 unspecified atom stereocenters. The number of amides is 3. The first-order chi connectivity index (χ1) is 38.1. The topological polar surface area (TPSA) is 168 Å². The predicted molar refractivity (Wildman–Crippen MR) is 298 cm³/mol. The van der Waals surface area contributed by atoms with Crippen LogP contribution in [-0.4, -0.2) is 138 Å². The number of aromatic nitrogens is 2. The van der Waals surface area contributed by atoms with Crippen molar-refractivity contribution in [2.45, 2.75) is 69.8 Å². The van der Waals surface area contributed by atoms with Crippen molar-refractivity contribution >= 4 is 40.8 Å². The number of hydrazine groups is 1. The van der Waals surface area contributed by atoms with Crippen LogP contribution in [0.15, 0.2) is 146 Å². The number of aromatic carboxylic acids is 1. The summed E-state index contributed by atoms with van der Waals surface area (Å²) in [4.78, 5) is 62.8. The number of nitrogens with zero attached hydrogens (tertiary/aromatic N) is 6. The molecule has 0 bridgehead atoms. The number of carboxylic acid groups (broad SMARTS) is 1. The van der Waals surface area contributed by atoms with Gasteiger partial charge in [0.05, 0.1) is 37.8 Å². The molecule has 1 aliphatic heterocycles. The van der Waals surface area contributed by atoms with Crippen LogP contribution in [0.2, 0.25) is 0 Å². The first-order valence-corrected chi connectivity index (χ1v) is 27.0. The molecule has 0 spiro atoms. The van der Waals surface area contributed by atoms with Crippen LogP contribution in [0.1, 0.15) is 82.7 Å². The van der Waals surface area contributed by atoms with Crippen molar-refractivity contribution in [3.05, 3.63) is 179 Å². The molecule has 0 radical (unpaired) electrons. The third-order valence-electron chi connectivity index (χ3n) is 15.3. The minimum absolute atomic E-state index is 0.0115. The van der Waals surface area contributed by atoms with Crippen molar-refractivity contribution in [2.24, 2.45) is 0 Å². The lowest BCUT2D eigenvalue weighted by Gasteiger charge is -2.39. The number of fused-ring (bicyclic) bond motifs is 7. The van der Waals surface area contributed by atoms with Crippen LogP contribution >= 0.6 is 0 Å². The SMILES string of the molecule is CCCOCCOCCN(C(=O)OC(Nc1ccc(C(=O)O)cc1)C1c2ccccc2-c2ccccc21)C1CCN(C(=O)CCn2c(CN(C)N(C)C(=O)OCC3c4ccccc4-c4ccccc43)cc3cccnc32)CC1. The molecular formula is C62H67N7O9. The highest BCUT2D eigenvalue weighted by atomic mass is 16.6. The van der Waals surface area contributed by atoms with Crippen LogP contribution in [0.4, 0.5) is 15.3 Å². The van der Waals surface area contributed by atoms with Crippen molar-refractivity contribution in [3.8, 4) is 22.3 Å². The quantitative estimate of drug-likeness (QED) is 0.0375. The molecule has 5 aromatic carbocycles. The van der Waals surface area contributed by atoms with Crippen LogP contribution in [0, 0.1) is 0 Å². The summed E-state index contributed by atoms with van der Waals surface area (Å²) in [7, 11) is 3.53. The number of piperidine rings is 1. The van der Waals surface area contributed by atoms with E-state index in [0.717, 1.165) is 67.7 Å². The van der Waals surface area contributed by atoms with E-state index in [9.17, 15) is 24.3 Å². The Balaban J connectivity index is 0.799. The Morgan fingerprint density at radius 1 is 0.718 bits per heavy atom. The summed E-state index contributed by atoms with van der Waals surface area (Å²) in [5.74, 6) is -1.50. The molecule has 2 aromatic heterocycles. The molecule has 16 heteroatoms. The first kappa shape index (κ1) is 53.4. The highest BCUT2D eigenvalue weighted by Gasteiger charge is 2.39. The van der Waals surface area contributed by atoms with Gasteiger partial charge in [0.2, 0.25) is 5.91 Å². The Bertz CT molecular complexity index is 3150. The second-order valence-corrected chi connectivity index (χ2v) is 20.1. The lowest BCUT2D eigenvalue weighted by atomic mass is 9.94. The van der Waals surface area contributed by atoms with Gasteiger partial charge in [0, 0.05) is 88.2 Å².